The fourth-order valence-electron chi connectivity index (χ4n) is 1.88. The zero-order chi connectivity index (χ0) is 11.7. The SMILES string of the molecule is N[C@@H](c1cccnc1)c1cc2ccccc2o1. The van der Waals surface area contributed by atoms with Gasteiger partial charge in [0.2, 0.25) is 0 Å². The molecule has 2 N–H and O–H groups in total. The summed E-state index contributed by atoms with van der Waals surface area (Å²) in [5.74, 6) is 0.763. The summed E-state index contributed by atoms with van der Waals surface area (Å²) in [4.78, 5) is 4.06. The third kappa shape index (κ3) is 1.81. The Bertz CT molecular complexity index is 598. The first-order chi connectivity index (χ1) is 8.34. The largest absolute Gasteiger partial charge is 0.459 e. The molecular formula is C14H12N2O. The molecule has 1 atom stereocenters. The lowest BCUT2D eigenvalue weighted by atomic mass is 10.1. The van der Waals surface area contributed by atoms with Crippen LogP contribution >= 0.6 is 0 Å². The van der Waals surface area contributed by atoms with Crippen molar-refractivity contribution in [2.45, 2.75) is 6.04 Å². The van der Waals surface area contributed by atoms with Crippen molar-refractivity contribution in [1.29, 1.82) is 0 Å². The van der Waals surface area contributed by atoms with Gasteiger partial charge in [-0.05, 0) is 23.8 Å². The molecule has 0 spiro atoms. The van der Waals surface area contributed by atoms with Crippen LogP contribution in [0.15, 0.2) is 59.3 Å². The highest BCUT2D eigenvalue weighted by Crippen LogP contribution is 2.25. The number of aromatic nitrogens is 1. The van der Waals surface area contributed by atoms with Gasteiger partial charge in [0.25, 0.3) is 0 Å². The van der Waals surface area contributed by atoms with E-state index in [1.807, 2.05) is 42.5 Å². The number of para-hydroxylation sites is 1. The lowest BCUT2D eigenvalue weighted by molar-refractivity contribution is 0.524. The van der Waals surface area contributed by atoms with Gasteiger partial charge < -0.3 is 10.2 Å². The first-order valence-electron chi connectivity index (χ1n) is 5.48. The number of hydrogen-bond donors (Lipinski definition) is 1. The fraction of sp³-hybridized carbons (Fsp3) is 0.0714. The van der Waals surface area contributed by atoms with Crippen LogP contribution in [0, 0.1) is 0 Å². The van der Waals surface area contributed by atoms with E-state index in [4.69, 9.17) is 10.2 Å². The number of nitrogens with zero attached hydrogens (tertiary/aromatic N) is 1. The minimum Gasteiger partial charge on any atom is -0.459 e. The number of furan rings is 1. The predicted octanol–water partition coefficient (Wildman–Crippen LogP) is 2.88. The van der Waals surface area contributed by atoms with Crippen LogP contribution in [0.2, 0.25) is 0 Å². The molecule has 1 aromatic carbocycles. The summed E-state index contributed by atoms with van der Waals surface area (Å²) in [6.45, 7) is 0. The maximum Gasteiger partial charge on any atom is 0.134 e. The Morgan fingerprint density at radius 3 is 2.76 bits per heavy atom. The maximum absolute atomic E-state index is 6.15. The van der Waals surface area contributed by atoms with E-state index >= 15 is 0 Å². The number of hydrogen-bond acceptors (Lipinski definition) is 3. The lowest BCUT2D eigenvalue weighted by Crippen LogP contribution is -2.10. The van der Waals surface area contributed by atoms with Crippen molar-refractivity contribution in [1.82, 2.24) is 4.98 Å². The molecule has 0 radical (unpaired) electrons. The van der Waals surface area contributed by atoms with Gasteiger partial charge in [0, 0.05) is 17.8 Å². The van der Waals surface area contributed by atoms with Crippen molar-refractivity contribution in [2.24, 2.45) is 5.73 Å². The van der Waals surface area contributed by atoms with E-state index in [0.717, 1.165) is 22.3 Å². The maximum atomic E-state index is 6.15. The van der Waals surface area contributed by atoms with Crippen molar-refractivity contribution in [2.75, 3.05) is 0 Å². The Hall–Kier alpha value is -2.13. The molecule has 0 unspecified atom stereocenters. The van der Waals surface area contributed by atoms with Crippen LogP contribution in [-0.4, -0.2) is 4.98 Å². The van der Waals surface area contributed by atoms with Crippen molar-refractivity contribution in [3.63, 3.8) is 0 Å². The summed E-state index contributed by atoms with van der Waals surface area (Å²) in [7, 11) is 0. The minimum absolute atomic E-state index is 0.268. The molecule has 3 heteroatoms. The molecule has 0 aliphatic carbocycles. The minimum atomic E-state index is -0.268. The van der Waals surface area contributed by atoms with Crippen LogP contribution in [0.5, 0.6) is 0 Å². The monoisotopic (exact) mass is 224 g/mol. The Labute approximate surface area is 98.9 Å². The predicted molar refractivity (Wildman–Crippen MR) is 66.5 cm³/mol. The van der Waals surface area contributed by atoms with Crippen LogP contribution in [0.4, 0.5) is 0 Å². The van der Waals surface area contributed by atoms with Gasteiger partial charge in [-0.2, -0.15) is 0 Å². The average molecular weight is 224 g/mol. The number of benzene rings is 1. The molecule has 3 rings (SSSR count). The van der Waals surface area contributed by atoms with Gasteiger partial charge in [0.05, 0.1) is 6.04 Å². The Morgan fingerprint density at radius 2 is 2.00 bits per heavy atom. The second-order valence-corrected chi connectivity index (χ2v) is 3.95. The van der Waals surface area contributed by atoms with Gasteiger partial charge in [-0.15, -0.1) is 0 Å². The normalized spacial score (nSPS) is 12.8. The van der Waals surface area contributed by atoms with Crippen LogP contribution in [0.25, 0.3) is 11.0 Å². The number of rotatable bonds is 2. The summed E-state index contributed by atoms with van der Waals surface area (Å²) in [6.07, 6.45) is 3.49. The standard InChI is InChI=1S/C14H12N2O/c15-14(11-5-3-7-16-9-11)13-8-10-4-1-2-6-12(10)17-13/h1-9,14H,15H2/t14-/m0/s1. The molecule has 3 aromatic rings. The second kappa shape index (κ2) is 4.03. The number of pyridine rings is 1. The summed E-state index contributed by atoms with van der Waals surface area (Å²) < 4.78 is 5.73. The highest BCUT2D eigenvalue weighted by molar-refractivity contribution is 5.77. The molecule has 0 saturated carbocycles. The molecule has 0 fully saturated rings. The molecule has 0 amide bonds. The highest BCUT2D eigenvalue weighted by Gasteiger charge is 2.13. The van der Waals surface area contributed by atoms with E-state index in [-0.39, 0.29) is 6.04 Å². The Kier molecular flexibility index (Phi) is 2.38. The van der Waals surface area contributed by atoms with Gasteiger partial charge in [0.1, 0.15) is 11.3 Å². The van der Waals surface area contributed by atoms with Crippen LogP contribution in [0.3, 0.4) is 0 Å². The molecule has 0 aliphatic rings. The smallest absolute Gasteiger partial charge is 0.134 e. The molecule has 3 nitrogen and oxygen atoms in total. The summed E-state index contributed by atoms with van der Waals surface area (Å²) in [6, 6.07) is 13.4. The zero-order valence-corrected chi connectivity index (χ0v) is 9.21. The lowest BCUT2D eigenvalue weighted by Gasteiger charge is -2.07. The molecule has 0 saturated heterocycles. The number of nitrogens with two attached hydrogens (primary N) is 1. The van der Waals surface area contributed by atoms with Crippen molar-refractivity contribution >= 4 is 11.0 Å². The zero-order valence-electron chi connectivity index (χ0n) is 9.21. The van der Waals surface area contributed by atoms with Gasteiger partial charge >= 0.3 is 0 Å². The third-order valence-electron chi connectivity index (χ3n) is 2.79. The van der Waals surface area contributed by atoms with Crippen LogP contribution in [0.1, 0.15) is 17.4 Å². The topological polar surface area (TPSA) is 52.0 Å². The van der Waals surface area contributed by atoms with Gasteiger partial charge in [-0.1, -0.05) is 24.3 Å². The van der Waals surface area contributed by atoms with Gasteiger partial charge in [-0.25, -0.2) is 0 Å². The van der Waals surface area contributed by atoms with E-state index in [1.54, 1.807) is 12.4 Å². The summed E-state index contributed by atoms with van der Waals surface area (Å²) >= 11 is 0. The van der Waals surface area contributed by atoms with E-state index in [2.05, 4.69) is 4.98 Å². The quantitative estimate of drug-likeness (QED) is 0.728. The van der Waals surface area contributed by atoms with Crippen LogP contribution < -0.4 is 5.73 Å². The van der Waals surface area contributed by atoms with Crippen molar-refractivity contribution in [3.05, 3.63) is 66.2 Å². The van der Waals surface area contributed by atoms with E-state index < -0.39 is 0 Å². The van der Waals surface area contributed by atoms with E-state index in [0.29, 0.717) is 0 Å². The van der Waals surface area contributed by atoms with E-state index in [9.17, 15) is 0 Å². The van der Waals surface area contributed by atoms with E-state index in [1.165, 1.54) is 0 Å². The first kappa shape index (κ1) is 10.1. The van der Waals surface area contributed by atoms with Gasteiger partial charge in [0.15, 0.2) is 0 Å². The molecular weight excluding hydrogens is 212 g/mol. The summed E-state index contributed by atoms with van der Waals surface area (Å²) in [5, 5.41) is 1.07. The van der Waals surface area contributed by atoms with Crippen molar-refractivity contribution < 1.29 is 4.42 Å². The fourth-order valence-corrected chi connectivity index (χ4v) is 1.88. The molecule has 2 heterocycles. The number of fused-ring (bicyclic) bond motifs is 1. The average Bonchev–Trinajstić information content (AvgIpc) is 2.82. The molecule has 17 heavy (non-hydrogen) atoms. The third-order valence-corrected chi connectivity index (χ3v) is 2.79. The molecule has 84 valence electrons. The highest BCUT2D eigenvalue weighted by atomic mass is 16.3. The second-order valence-electron chi connectivity index (χ2n) is 3.95. The Morgan fingerprint density at radius 1 is 1.12 bits per heavy atom. The Balaban J connectivity index is 2.04. The summed E-state index contributed by atoms with van der Waals surface area (Å²) in [5.41, 5.74) is 7.96. The molecule has 0 aliphatic heterocycles. The molecule has 2 aromatic heterocycles. The molecule has 0 bridgehead atoms. The first-order valence-corrected chi connectivity index (χ1v) is 5.48. The van der Waals surface area contributed by atoms with Crippen molar-refractivity contribution in [3.8, 4) is 0 Å². The van der Waals surface area contributed by atoms with Gasteiger partial charge in [-0.3, -0.25) is 4.98 Å². The van der Waals surface area contributed by atoms with Crippen LogP contribution in [-0.2, 0) is 0 Å².